The summed E-state index contributed by atoms with van der Waals surface area (Å²) < 4.78 is 5.24. The van der Waals surface area contributed by atoms with Crippen molar-refractivity contribution in [2.24, 2.45) is 5.92 Å². The third-order valence-electron chi connectivity index (χ3n) is 3.14. The zero-order chi connectivity index (χ0) is 13.7. The van der Waals surface area contributed by atoms with Crippen LogP contribution < -0.4 is 5.32 Å². The van der Waals surface area contributed by atoms with Gasteiger partial charge in [-0.2, -0.15) is 0 Å². The minimum Gasteiger partial charge on any atom is -0.461 e. The topological polar surface area (TPSA) is 51.2 Å². The van der Waals surface area contributed by atoms with Crippen molar-refractivity contribution in [1.82, 2.24) is 10.3 Å². The third kappa shape index (κ3) is 5.83. The number of ether oxygens (including phenoxy) is 1. The molecule has 20 heavy (non-hydrogen) atoms. The zero-order valence-corrected chi connectivity index (χ0v) is 13.2. The van der Waals surface area contributed by atoms with Crippen LogP contribution in [0.3, 0.4) is 0 Å². The molecular weight excluding hydrogens is 323 g/mol. The molecule has 0 amide bonds. The average Bonchev–Trinajstić information content (AvgIpc) is 2.36. The Morgan fingerprint density at radius 3 is 2.50 bits per heavy atom. The Kier molecular flexibility index (Phi) is 7.59. The van der Waals surface area contributed by atoms with Crippen molar-refractivity contribution < 1.29 is 9.53 Å². The molecule has 112 valence electrons. The fourth-order valence-corrected chi connectivity index (χ4v) is 2.65. The van der Waals surface area contributed by atoms with Crippen LogP contribution in [0, 0.1) is 5.92 Å². The molecule has 1 aliphatic rings. The molecule has 1 aromatic rings. The lowest BCUT2D eigenvalue weighted by Gasteiger charge is -2.21. The maximum atomic E-state index is 11.7. The van der Waals surface area contributed by atoms with Gasteiger partial charge in [-0.15, -0.1) is 12.4 Å². The first kappa shape index (κ1) is 17.5. The van der Waals surface area contributed by atoms with E-state index in [0.29, 0.717) is 22.6 Å². The molecule has 7 heteroatoms. The molecule has 4 nitrogen and oxygen atoms in total. The van der Waals surface area contributed by atoms with Crippen LogP contribution in [0.25, 0.3) is 0 Å². The number of carbonyl (C=O) groups excluding carboxylic acids is 1. The molecule has 0 radical (unpaired) electrons. The highest BCUT2D eigenvalue weighted by atomic mass is 35.5. The van der Waals surface area contributed by atoms with Gasteiger partial charge in [-0.1, -0.05) is 23.2 Å². The van der Waals surface area contributed by atoms with E-state index >= 15 is 0 Å². The fraction of sp³-hybridized carbons (Fsp3) is 0.538. The van der Waals surface area contributed by atoms with E-state index in [-0.39, 0.29) is 25.0 Å². The van der Waals surface area contributed by atoms with Crippen molar-refractivity contribution >= 4 is 41.6 Å². The summed E-state index contributed by atoms with van der Waals surface area (Å²) in [6.07, 6.45) is 2.54. The first-order valence-electron chi connectivity index (χ1n) is 6.32. The molecule has 0 atom stereocenters. The van der Waals surface area contributed by atoms with Crippen molar-refractivity contribution in [2.45, 2.75) is 25.9 Å². The molecule has 1 aliphatic heterocycles. The Morgan fingerprint density at radius 2 is 1.90 bits per heavy atom. The number of rotatable bonds is 4. The number of hydrogen-bond donors (Lipinski definition) is 1. The first-order chi connectivity index (χ1) is 9.13. The third-order valence-corrected chi connectivity index (χ3v) is 3.52. The molecule has 0 spiro atoms. The van der Waals surface area contributed by atoms with Crippen molar-refractivity contribution in [3.63, 3.8) is 0 Å². The lowest BCUT2D eigenvalue weighted by molar-refractivity contribution is -0.146. The molecule has 2 heterocycles. The number of piperidine rings is 1. The Morgan fingerprint density at radius 1 is 1.30 bits per heavy atom. The van der Waals surface area contributed by atoms with Crippen molar-refractivity contribution in [3.05, 3.63) is 28.0 Å². The number of esters is 1. The number of nitrogens with zero attached hydrogens (tertiary/aromatic N) is 1. The Bertz CT molecular complexity index is 431. The van der Waals surface area contributed by atoms with E-state index in [1.165, 1.54) is 0 Å². The summed E-state index contributed by atoms with van der Waals surface area (Å²) in [5.74, 6) is 0.259. The number of halogens is 3. The number of pyridine rings is 1. The summed E-state index contributed by atoms with van der Waals surface area (Å²) in [5.41, 5.74) is 0.753. The molecule has 0 saturated carbocycles. The van der Waals surface area contributed by atoms with Gasteiger partial charge in [-0.25, -0.2) is 4.98 Å². The molecule has 0 unspecified atom stereocenters. The van der Waals surface area contributed by atoms with Crippen molar-refractivity contribution in [2.75, 3.05) is 13.1 Å². The Balaban J connectivity index is 0.00000200. The van der Waals surface area contributed by atoms with E-state index in [0.717, 1.165) is 31.5 Å². The van der Waals surface area contributed by atoms with Crippen molar-refractivity contribution in [3.8, 4) is 0 Å². The quantitative estimate of drug-likeness (QED) is 0.676. The van der Waals surface area contributed by atoms with Gasteiger partial charge in [0.25, 0.3) is 0 Å². The van der Waals surface area contributed by atoms with Gasteiger partial charge >= 0.3 is 5.97 Å². The molecule has 0 aliphatic carbocycles. The molecule has 2 rings (SSSR count). The van der Waals surface area contributed by atoms with Crippen LogP contribution in [0.15, 0.2) is 12.1 Å². The molecule has 1 aromatic heterocycles. The number of carbonyl (C=O) groups is 1. The lowest BCUT2D eigenvalue weighted by atomic mass is 9.95. The highest BCUT2D eigenvalue weighted by Crippen LogP contribution is 2.18. The van der Waals surface area contributed by atoms with Crippen LogP contribution in [0.5, 0.6) is 0 Å². The summed E-state index contributed by atoms with van der Waals surface area (Å²) in [7, 11) is 0. The Labute approximate surface area is 134 Å². The summed E-state index contributed by atoms with van der Waals surface area (Å²) >= 11 is 11.6. The second-order valence-corrected chi connectivity index (χ2v) is 5.45. The van der Waals surface area contributed by atoms with E-state index in [1.807, 2.05) is 0 Å². The van der Waals surface area contributed by atoms with Crippen molar-refractivity contribution in [1.29, 1.82) is 0 Å². The Hall–Kier alpha value is -0.550. The van der Waals surface area contributed by atoms with Gasteiger partial charge in [0.1, 0.15) is 16.9 Å². The second kappa shape index (κ2) is 8.67. The molecule has 1 saturated heterocycles. The first-order valence-corrected chi connectivity index (χ1v) is 7.07. The number of nitrogens with one attached hydrogen (secondary N) is 1. The summed E-state index contributed by atoms with van der Waals surface area (Å²) in [6, 6.07) is 3.29. The molecule has 0 bridgehead atoms. The minimum absolute atomic E-state index is 0. The van der Waals surface area contributed by atoms with E-state index in [4.69, 9.17) is 27.9 Å². The summed E-state index contributed by atoms with van der Waals surface area (Å²) in [5, 5.41) is 3.88. The van der Waals surface area contributed by atoms with Crippen LogP contribution >= 0.6 is 35.6 Å². The van der Waals surface area contributed by atoms with Gasteiger partial charge in [0, 0.05) is 6.42 Å². The van der Waals surface area contributed by atoms with Gasteiger partial charge in [-0.3, -0.25) is 4.79 Å². The van der Waals surface area contributed by atoms with Crippen LogP contribution in [-0.4, -0.2) is 24.0 Å². The normalized spacial score (nSPS) is 15.5. The molecule has 1 fully saturated rings. The largest absolute Gasteiger partial charge is 0.461 e. The zero-order valence-electron chi connectivity index (χ0n) is 10.9. The van der Waals surface area contributed by atoms with Gasteiger partial charge in [0.05, 0.1) is 0 Å². The van der Waals surface area contributed by atoms with E-state index in [2.05, 4.69) is 10.3 Å². The highest BCUT2D eigenvalue weighted by molar-refractivity contribution is 6.32. The SMILES string of the molecule is Cl.O=C(CC1CCNCC1)OCc1cc(Cl)nc(Cl)c1. The fourth-order valence-electron chi connectivity index (χ4n) is 2.14. The predicted octanol–water partition coefficient (Wildman–Crippen LogP) is 3.24. The molecule has 1 N–H and O–H groups in total. The van der Waals surface area contributed by atoms with Gasteiger partial charge in [0.15, 0.2) is 0 Å². The van der Waals surface area contributed by atoms with Crippen LogP contribution in [0.4, 0.5) is 0 Å². The second-order valence-electron chi connectivity index (χ2n) is 4.68. The summed E-state index contributed by atoms with van der Waals surface area (Å²) in [4.78, 5) is 15.6. The smallest absolute Gasteiger partial charge is 0.306 e. The maximum Gasteiger partial charge on any atom is 0.306 e. The predicted molar refractivity (Wildman–Crippen MR) is 81.5 cm³/mol. The molecular formula is C13H17Cl3N2O2. The van der Waals surface area contributed by atoms with Crippen LogP contribution in [-0.2, 0) is 16.1 Å². The lowest BCUT2D eigenvalue weighted by Crippen LogP contribution is -2.29. The standard InChI is InChI=1S/C13H16Cl2N2O2.ClH/c14-11-5-10(6-12(15)17-11)8-19-13(18)7-9-1-3-16-4-2-9;/h5-6,9,16H,1-4,7-8H2;1H. The highest BCUT2D eigenvalue weighted by Gasteiger charge is 2.17. The van der Waals surface area contributed by atoms with Gasteiger partial charge < -0.3 is 10.1 Å². The maximum absolute atomic E-state index is 11.7. The average molecular weight is 340 g/mol. The number of hydrogen-bond acceptors (Lipinski definition) is 4. The van der Waals surface area contributed by atoms with Gasteiger partial charge in [-0.05, 0) is 49.5 Å². The van der Waals surface area contributed by atoms with Crippen LogP contribution in [0.1, 0.15) is 24.8 Å². The number of aromatic nitrogens is 1. The van der Waals surface area contributed by atoms with Crippen LogP contribution in [0.2, 0.25) is 10.3 Å². The minimum atomic E-state index is -0.170. The molecule has 0 aromatic carbocycles. The summed E-state index contributed by atoms with van der Waals surface area (Å²) in [6.45, 7) is 2.15. The van der Waals surface area contributed by atoms with E-state index in [9.17, 15) is 4.79 Å². The van der Waals surface area contributed by atoms with Gasteiger partial charge in [0.2, 0.25) is 0 Å². The monoisotopic (exact) mass is 338 g/mol. The van der Waals surface area contributed by atoms with E-state index in [1.54, 1.807) is 12.1 Å². The van der Waals surface area contributed by atoms with E-state index < -0.39 is 0 Å².